The number of alkyl halides is 2. The molecule has 188 valence electrons. The van der Waals surface area contributed by atoms with Gasteiger partial charge in [-0.15, -0.1) is 0 Å². The summed E-state index contributed by atoms with van der Waals surface area (Å²) in [4.78, 5) is 23.1. The minimum atomic E-state index is -2.71. The molecule has 4 nitrogen and oxygen atoms in total. The van der Waals surface area contributed by atoms with Crippen LogP contribution in [0, 0.1) is 46.3 Å². The van der Waals surface area contributed by atoms with Gasteiger partial charge in [0.05, 0.1) is 7.11 Å². The van der Waals surface area contributed by atoms with Gasteiger partial charge in [-0.25, -0.2) is 8.78 Å². The molecule has 4 aliphatic carbocycles. The van der Waals surface area contributed by atoms with E-state index < -0.39 is 11.3 Å². The smallest absolute Gasteiger partial charge is 0.305 e. The lowest BCUT2D eigenvalue weighted by Gasteiger charge is -2.63. The number of ether oxygens (including phenoxy) is 2. The van der Waals surface area contributed by atoms with Gasteiger partial charge in [0, 0.05) is 25.2 Å². The Labute approximate surface area is 197 Å². The molecule has 9 atom stereocenters. The van der Waals surface area contributed by atoms with Crippen molar-refractivity contribution in [3.05, 3.63) is 0 Å². The molecule has 4 aliphatic rings. The van der Waals surface area contributed by atoms with Gasteiger partial charge in [0.1, 0.15) is 6.10 Å². The van der Waals surface area contributed by atoms with Gasteiger partial charge in [0.2, 0.25) is 0 Å². The van der Waals surface area contributed by atoms with E-state index in [2.05, 4.69) is 13.8 Å². The fraction of sp³-hybridized carbons (Fsp3) is 0.926. The number of esters is 2. The predicted molar refractivity (Wildman–Crippen MR) is 122 cm³/mol. The molecule has 4 saturated carbocycles. The van der Waals surface area contributed by atoms with Gasteiger partial charge >= 0.3 is 11.9 Å². The average Bonchev–Trinajstić information content (AvgIpc) is 3.11. The first-order valence-corrected chi connectivity index (χ1v) is 13.1. The lowest BCUT2D eigenvalue weighted by Crippen LogP contribution is -2.61. The van der Waals surface area contributed by atoms with Gasteiger partial charge in [-0.3, -0.25) is 9.59 Å². The number of carbonyl (C=O) groups excluding carboxylic acids is 2. The zero-order valence-electron chi connectivity index (χ0n) is 21.0. The topological polar surface area (TPSA) is 52.6 Å². The summed E-state index contributed by atoms with van der Waals surface area (Å²) in [6.07, 6.45) is 7.08. The number of methoxy groups -OCH3 is 1. The minimum absolute atomic E-state index is 0.0177. The van der Waals surface area contributed by atoms with Crippen molar-refractivity contribution in [2.45, 2.75) is 104 Å². The summed E-state index contributed by atoms with van der Waals surface area (Å²) in [5.74, 6) is -2.42. The Balaban J connectivity index is 1.55. The van der Waals surface area contributed by atoms with Gasteiger partial charge in [0.25, 0.3) is 5.92 Å². The van der Waals surface area contributed by atoms with E-state index in [0.29, 0.717) is 24.7 Å². The van der Waals surface area contributed by atoms with Crippen molar-refractivity contribution < 1.29 is 27.8 Å². The maximum atomic E-state index is 16.2. The van der Waals surface area contributed by atoms with Crippen LogP contribution in [0.25, 0.3) is 0 Å². The lowest BCUT2D eigenvalue weighted by molar-refractivity contribution is -0.247. The van der Waals surface area contributed by atoms with E-state index in [1.165, 1.54) is 14.0 Å². The molecule has 0 aromatic heterocycles. The summed E-state index contributed by atoms with van der Waals surface area (Å²) in [7, 11) is 1.38. The highest BCUT2D eigenvalue weighted by molar-refractivity contribution is 5.69. The van der Waals surface area contributed by atoms with Crippen LogP contribution in [-0.4, -0.2) is 31.1 Å². The van der Waals surface area contributed by atoms with Crippen LogP contribution in [0.2, 0.25) is 0 Å². The van der Waals surface area contributed by atoms with Gasteiger partial charge < -0.3 is 9.47 Å². The highest BCUT2D eigenvalue weighted by Crippen LogP contribution is 2.72. The van der Waals surface area contributed by atoms with Crippen LogP contribution >= 0.6 is 0 Å². The Hall–Kier alpha value is -1.20. The second kappa shape index (κ2) is 8.78. The molecule has 0 aromatic carbocycles. The maximum absolute atomic E-state index is 16.2. The third-order valence-electron chi connectivity index (χ3n) is 10.9. The van der Waals surface area contributed by atoms with Crippen LogP contribution in [0.3, 0.4) is 0 Å². The summed E-state index contributed by atoms with van der Waals surface area (Å²) >= 11 is 0. The zero-order valence-corrected chi connectivity index (χ0v) is 21.0. The first-order chi connectivity index (χ1) is 15.4. The molecule has 4 rings (SSSR count). The third-order valence-corrected chi connectivity index (χ3v) is 10.9. The van der Waals surface area contributed by atoms with E-state index in [9.17, 15) is 9.59 Å². The van der Waals surface area contributed by atoms with Crippen LogP contribution < -0.4 is 0 Å². The Bertz CT molecular complexity index is 769. The van der Waals surface area contributed by atoms with E-state index in [1.54, 1.807) is 0 Å². The van der Waals surface area contributed by atoms with Crippen molar-refractivity contribution >= 4 is 11.9 Å². The van der Waals surface area contributed by atoms with E-state index in [1.807, 2.05) is 6.92 Å². The number of hydrogen-bond donors (Lipinski definition) is 0. The van der Waals surface area contributed by atoms with Gasteiger partial charge in [-0.05, 0) is 92.3 Å². The molecule has 4 fully saturated rings. The van der Waals surface area contributed by atoms with Crippen molar-refractivity contribution in [3.8, 4) is 0 Å². The average molecular weight is 469 g/mol. The highest BCUT2D eigenvalue weighted by Gasteiger charge is 2.70. The second-order valence-corrected chi connectivity index (χ2v) is 12.1. The Morgan fingerprint density at radius 1 is 1.06 bits per heavy atom. The molecule has 0 aromatic rings. The summed E-state index contributed by atoms with van der Waals surface area (Å²) in [6, 6.07) is 0. The fourth-order valence-electron chi connectivity index (χ4n) is 9.06. The van der Waals surface area contributed by atoms with Crippen LogP contribution in [0.5, 0.6) is 0 Å². The molecule has 0 amide bonds. The molecule has 0 N–H and O–H groups in total. The summed E-state index contributed by atoms with van der Waals surface area (Å²) < 4.78 is 42.7. The van der Waals surface area contributed by atoms with Crippen molar-refractivity contribution in [1.82, 2.24) is 0 Å². The Morgan fingerprint density at radius 2 is 1.79 bits per heavy atom. The number of hydrogen-bond acceptors (Lipinski definition) is 4. The molecule has 0 spiro atoms. The van der Waals surface area contributed by atoms with E-state index in [-0.39, 0.29) is 53.6 Å². The molecule has 1 unspecified atom stereocenters. The lowest BCUT2D eigenvalue weighted by atomic mass is 9.43. The Morgan fingerprint density at radius 3 is 2.45 bits per heavy atom. The highest BCUT2D eigenvalue weighted by atomic mass is 19.3. The van der Waals surface area contributed by atoms with Gasteiger partial charge in [0.15, 0.2) is 0 Å². The third kappa shape index (κ3) is 4.01. The maximum Gasteiger partial charge on any atom is 0.305 e. The fourth-order valence-corrected chi connectivity index (χ4v) is 9.06. The minimum Gasteiger partial charge on any atom is -0.469 e. The number of halogens is 2. The second-order valence-electron chi connectivity index (χ2n) is 12.1. The summed E-state index contributed by atoms with van der Waals surface area (Å²) in [5.41, 5.74) is -1.10. The zero-order chi connectivity index (χ0) is 24.2. The van der Waals surface area contributed by atoms with Crippen LogP contribution in [0.4, 0.5) is 8.78 Å². The van der Waals surface area contributed by atoms with Crippen LogP contribution in [0.1, 0.15) is 91.9 Å². The molecule has 0 heterocycles. The molecule has 0 saturated heterocycles. The number of fused-ring (bicyclic) bond motifs is 5. The normalized spacial score (nSPS) is 44.7. The van der Waals surface area contributed by atoms with E-state index >= 15 is 8.78 Å². The molecule has 0 aliphatic heterocycles. The van der Waals surface area contributed by atoms with Crippen molar-refractivity contribution in [1.29, 1.82) is 0 Å². The van der Waals surface area contributed by atoms with Crippen LogP contribution in [0.15, 0.2) is 0 Å². The largest absolute Gasteiger partial charge is 0.469 e. The monoisotopic (exact) mass is 468 g/mol. The molecule has 0 radical (unpaired) electrons. The SMILES string of the molecule is COC(=O)CC[C@@H](C)C1CC[C@H]2[C@@H]3CC[C@@H]4C[C@H](OC(C)=O)CC[C@]4(C)[C@H]3CC(F)(F)[C@]12C. The molecular formula is C27H42F2O4. The van der Waals surface area contributed by atoms with Gasteiger partial charge in [-0.1, -0.05) is 20.8 Å². The molecule has 6 heteroatoms. The number of carbonyl (C=O) groups is 2. The summed E-state index contributed by atoms with van der Waals surface area (Å²) in [5, 5.41) is 0. The van der Waals surface area contributed by atoms with E-state index in [0.717, 1.165) is 44.9 Å². The Kier molecular flexibility index (Phi) is 6.63. The van der Waals surface area contributed by atoms with Crippen molar-refractivity contribution in [2.75, 3.05) is 7.11 Å². The van der Waals surface area contributed by atoms with Crippen molar-refractivity contribution in [2.24, 2.45) is 46.3 Å². The first-order valence-electron chi connectivity index (χ1n) is 13.1. The molecule has 33 heavy (non-hydrogen) atoms. The quantitative estimate of drug-likeness (QED) is 0.438. The van der Waals surface area contributed by atoms with Crippen LogP contribution in [-0.2, 0) is 19.1 Å². The molecule has 0 bridgehead atoms. The van der Waals surface area contributed by atoms with E-state index in [4.69, 9.17) is 9.47 Å². The van der Waals surface area contributed by atoms with Crippen molar-refractivity contribution in [3.63, 3.8) is 0 Å². The standard InChI is InChI=1S/C27H42F2O4/c1-16(6-11-24(31)32-5)21-9-10-22-20-8-7-18-14-19(33-17(2)30)12-13-25(18,3)23(20)15-27(28,29)26(21,22)4/h16,18-23H,6-15H2,1-5H3/t16-,18-,19-,20+,21?,22+,23+,25+,26-/m1/s1. The van der Waals surface area contributed by atoms with Gasteiger partial charge in [-0.2, -0.15) is 0 Å². The summed E-state index contributed by atoms with van der Waals surface area (Å²) in [6.45, 7) is 7.63. The molecular weight excluding hydrogens is 426 g/mol. The predicted octanol–water partition coefficient (Wildman–Crippen LogP) is 6.41. The first kappa shape index (κ1) is 24.9. The number of rotatable bonds is 5.